The summed E-state index contributed by atoms with van der Waals surface area (Å²) in [7, 11) is 0. The van der Waals surface area contributed by atoms with E-state index in [0.717, 1.165) is 12.8 Å². The first-order valence-electron chi connectivity index (χ1n) is 5.31. The minimum absolute atomic E-state index is 0.00608. The SMILES string of the molecule is O=C(CCNC(=O)n1ccnc1)NC1CC1. The number of rotatable bonds is 4. The molecule has 0 radical (unpaired) electrons. The van der Waals surface area contributed by atoms with Gasteiger partial charge in [0.15, 0.2) is 0 Å². The van der Waals surface area contributed by atoms with Crippen molar-refractivity contribution in [1.29, 1.82) is 0 Å². The highest BCUT2D eigenvalue weighted by Gasteiger charge is 2.22. The minimum atomic E-state index is -0.267. The number of carbonyl (C=O) groups excluding carboxylic acids is 2. The van der Waals surface area contributed by atoms with Crippen molar-refractivity contribution >= 4 is 11.9 Å². The molecule has 2 amide bonds. The average Bonchev–Trinajstić information content (AvgIpc) is 2.90. The summed E-state index contributed by atoms with van der Waals surface area (Å²) in [6.07, 6.45) is 6.97. The van der Waals surface area contributed by atoms with Crippen LogP contribution in [0.3, 0.4) is 0 Å². The molecule has 2 rings (SSSR count). The number of imidazole rings is 1. The molecule has 1 aliphatic carbocycles. The van der Waals surface area contributed by atoms with Crippen LogP contribution in [0.4, 0.5) is 4.79 Å². The van der Waals surface area contributed by atoms with E-state index in [1.807, 2.05) is 0 Å². The fourth-order valence-electron chi connectivity index (χ4n) is 1.28. The summed E-state index contributed by atoms with van der Waals surface area (Å²) in [6.45, 7) is 0.343. The van der Waals surface area contributed by atoms with Crippen LogP contribution in [0.15, 0.2) is 18.7 Å². The molecular formula is C10H14N4O2. The Labute approximate surface area is 93.0 Å². The Morgan fingerprint density at radius 1 is 1.44 bits per heavy atom. The van der Waals surface area contributed by atoms with E-state index < -0.39 is 0 Å². The van der Waals surface area contributed by atoms with Gasteiger partial charge >= 0.3 is 6.03 Å². The summed E-state index contributed by atoms with van der Waals surface area (Å²) in [5.74, 6) is -0.00608. The molecular weight excluding hydrogens is 208 g/mol. The third-order valence-corrected chi connectivity index (χ3v) is 2.31. The van der Waals surface area contributed by atoms with Gasteiger partial charge in [-0.05, 0) is 12.8 Å². The van der Waals surface area contributed by atoms with E-state index in [-0.39, 0.29) is 11.9 Å². The van der Waals surface area contributed by atoms with Gasteiger partial charge in [-0.3, -0.25) is 9.36 Å². The molecule has 0 aromatic carbocycles. The molecule has 0 bridgehead atoms. The molecule has 1 fully saturated rings. The zero-order valence-electron chi connectivity index (χ0n) is 8.85. The van der Waals surface area contributed by atoms with Crippen LogP contribution in [0, 0.1) is 0 Å². The van der Waals surface area contributed by atoms with Crippen LogP contribution in [0.1, 0.15) is 19.3 Å². The molecule has 6 nitrogen and oxygen atoms in total. The van der Waals surface area contributed by atoms with Gasteiger partial charge in [-0.25, -0.2) is 9.78 Å². The highest BCUT2D eigenvalue weighted by Crippen LogP contribution is 2.18. The Bertz CT molecular complexity index is 370. The maximum Gasteiger partial charge on any atom is 0.326 e. The maximum absolute atomic E-state index is 11.4. The van der Waals surface area contributed by atoms with E-state index in [2.05, 4.69) is 15.6 Å². The highest BCUT2D eigenvalue weighted by atomic mass is 16.2. The summed E-state index contributed by atoms with van der Waals surface area (Å²) in [4.78, 5) is 26.4. The highest BCUT2D eigenvalue weighted by molar-refractivity contribution is 5.79. The molecule has 6 heteroatoms. The third kappa shape index (κ3) is 3.08. The molecule has 0 atom stereocenters. The molecule has 1 aromatic heterocycles. The van der Waals surface area contributed by atoms with Gasteiger partial charge in [0.05, 0.1) is 0 Å². The predicted octanol–water partition coefficient (Wildman–Crippen LogP) is 0.109. The molecule has 0 saturated heterocycles. The van der Waals surface area contributed by atoms with Crippen LogP contribution in [0.5, 0.6) is 0 Å². The molecule has 86 valence electrons. The number of nitrogens with zero attached hydrogens (tertiary/aromatic N) is 2. The Balaban J connectivity index is 1.63. The maximum atomic E-state index is 11.4. The molecule has 2 N–H and O–H groups in total. The average molecular weight is 222 g/mol. The Hall–Kier alpha value is -1.85. The van der Waals surface area contributed by atoms with Gasteiger partial charge in [-0.1, -0.05) is 0 Å². The van der Waals surface area contributed by atoms with Crippen LogP contribution >= 0.6 is 0 Å². The van der Waals surface area contributed by atoms with Crippen LogP contribution in [0.25, 0.3) is 0 Å². The predicted molar refractivity (Wildman–Crippen MR) is 56.8 cm³/mol. The van der Waals surface area contributed by atoms with Gasteiger partial charge < -0.3 is 10.6 Å². The van der Waals surface area contributed by atoms with Crippen molar-refractivity contribution in [3.8, 4) is 0 Å². The van der Waals surface area contributed by atoms with Crippen molar-refractivity contribution in [2.75, 3.05) is 6.54 Å². The first-order chi connectivity index (χ1) is 7.75. The van der Waals surface area contributed by atoms with Gasteiger partial charge in [-0.15, -0.1) is 0 Å². The lowest BCUT2D eigenvalue weighted by atomic mass is 10.4. The fourth-order valence-corrected chi connectivity index (χ4v) is 1.28. The number of carbonyl (C=O) groups is 2. The number of nitrogens with one attached hydrogen (secondary N) is 2. The fraction of sp³-hybridized carbons (Fsp3) is 0.500. The van der Waals surface area contributed by atoms with E-state index in [1.165, 1.54) is 17.1 Å². The van der Waals surface area contributed by atoms with Gasteiger partial charge in [0.25, 0.3) is 0 Å². The van der Waals surface area contributed by atoms with E-state index in [0.29, 0.717) is 19.0 Å². The van der Waals surface area contributed by atoms with E-state index in [9.17, 15) is 9.59 Å². The molecule has 0 unspecified atom stereocenters. The van der Waals surface area contributed by atoms with Gasteiger partial charge in [0, 0.05) is 31.4 Å². The second-order valence-electron chi connectivity index (χ2n) is 3.79. The molecule has 0 spiro atoms. The van der Waals surface area contributed by atoms with Crippen LogP contribution in [0.2, 0.25) is 0 Å². The van der Waals surface area contributed by atoms with Crippen molar-refractivity contribution in [3.05, 3.63) is 18.7 Å². The molecule has 16 heavy (non-hydrogen) atoms. The lowest BCUT2D eigenvalue weighted by molar-refractivity contribution is -0.121. The van der Waals surface area contributed by atoms with E-state index in [4.69, 9.17) is 0 Å². The van der Waals surface area contributed by atoms with Gasteiger partial charge in [0.1, 0.15) is 6.33 Å². The largest absolute Gasteiger partial charge is 0.353 e. The van der Waals surface area contributed by atoms with Gasteiger partial charge in [0.2, 0.25) is 5.91 Å². The molecule has 0 aliphatic heterocycles. The third-order valence-electron chi connectivity index (χ3n) is 2.31. The minimum Gasteiger partial charge on any atom is -0.353 e. The summed E-state index contributed by atoms with van der Waals surface area (Å²) in [5.41, 5.74) is 0. The summed E-state index contributed by atoms with van der Waals surface area (Å²) in [5, 5.41) is 5.49. The standard InChI is InChI=1S/C10H14N4O2/c15-9(13-8-1-2-8)3-4-12-10(16)14-6-5-11-7-14/h5-8H,1-4H2,(H,12,16)(H,13,15). The first-order valence-corrected chi connectivity index (χ1v) is 5.31. The zero-order valence-corrected chi connectivity index (χ0v) is 8.85. The number of aromatic nitrogens is 2. The smallest absolute Gasteiger partial charge is 0.326 e. The first kappa shape index (κ1) is 10.7. The lowest BCUT2D eigenvalue weighted by Crippen LogP contribution is -2.33. The van der Waals surface area contributed by atoms with Crippen LogP contribution in [-0.2, 0) is 4.79 Å². The molecule has 1 aromatic rings. The Morgan fingerprint density at radius 3 is 2.88 bits per heavy atom. The normalized spacial score (nSPS) is 14.5. The monoisotopic (exact) mass is 222 g/mol. The van der Waals surface area contributed by atoms with Gasteiger partial charge in [-0.2, -0.15) is 0 Å². The summed E-state index contributed by atoms with van der Waals surface area (Å²) < 4.78 is 1.33. The van der Waals surface area contributed by atoms with Crippen LogP contribution in [-0.4, -0.2) is 34.1 Å². The zero-order chi connectivity index (χ0) is 11.4. The van der Waals surface area contributed by atoms with Crippen molar-refractivity contribution < 1.29 is 9.59 Å². The summed E-state index contributed by atoms with van der Waals surface area (Å²) in [6, 6.07) is 0.105. The number of hydrogen-bond acceptors (Lipinski definition) is 3. The quantitative estimate of drug-likeness (QED) is 0.759. The van der Waals surface area contributed by atoms with Crippen molar-refractivity contribution in [2.24, 2.45) is 0 Å². The number of hydrogen-bond donors (Lipinski definition) is 2. The van der Waals surface area contributed by atoms with Crippen molar-refractivity contribution in [3.63, 3.8) is 0 Å². The second-order valence-corrected chi connectivity index (χ2v) is 3.79. The number of amides is 2. The molecule has 1 heterocycles. The van der Waals surface area contributed by atoms with Crippen molar-refractivity contribution in [2.45, 2.75) is 25.3 Å². The van der Waals surface area contributed by atoms with E-state index in [1.54, 1.807) is 6.20 Å². The Morgan fingerprint density at radius 2 is 2.25 bits per heavy atom. The topological polar surface area (TPSA) is 76.0 Å². The second kappa shape index (κ2) is 4.78. The van der Waals surface area contributed by atoms with Crippen molar-refractivity contribution in [1.82, 2.24) is 20.2 Å². The van der Waals surface area contributed by atoms with E-state index >= 15 is 0 Å². The Kier molecular flexibility index (Phi) is 3.19. The molecule has 1 saturated carbocycles. The molecule has 1 aliphatic rings. The van der Waals surface area contributed by atoms with Crippen LogP contribution < -0.4 is 10.6 Å². The lowest BCUT2D eigenvalue weighted by Gasteiger charge is -2.05. The summed E-state index contributed by atoms with van der Waals surface area (Å²) >= 11 is 0.